The third-order valence-electron chi connectivity index (χ3n) is 2.76. The predicted molar refractivity (Wildman–Crippen MR) is 72.2 cm³/mol. The monoisotopic (exact) mass is 273 g/mol. The molecule has 2 aromatic carbocycles. The summed E-state index contributed by atoms with van der Waals surface area (Å²) in [7, 11) is 0. The number of carbonyl (C=O) groups is 1. The summed E-state index contributed by atoms with van der Waals surface area (Å²) in [6.07, 6.45) is 0. The van der Waals surface area contributed by atoms with Gasteiger partial charge in [0.05, 0.1) is 10.2 Å². The number of rotatable bonds is 1. The molecule has 0 fully saturated rings. The smallest absolute Gasteiger partial charge is 0.268 e. The number of halogens is 1. The third-order valence-corrected chi connectivity index (χ3v) is 3.68. The van der Waals surface area contributed by atoms with E-state index in [1.807, 2.05) is 0 Å². The van der Waals surface area contributed by atoms with Gasteiger partial charge in [-0.1, -0.05) is 29.5 Å². The van der Waals surface area contributed by atoms with E-state index in [1.165, 1.54) is 18.2 Å². The number of carbonyl (C=O) groups excluding carboxylic acids is 1. The van der Waals surface area contributed by atoms with Crippen molar-refractivity contribution in [3.05, 3.63) is 69.6 Å². The second-order valence-corrected chi connectivity index (χ2v) is 4.98. The van der Waals surface area contributed by atoms with Crippen molar-refractivity contribution in [2.75, 3.05) is 0 Å². The number of aromatic nitrogens is 1. The molecule has 0 atom stereocenters. The normalized spacial score (nSPS) is 10.8. The van der Waals surface area contributed by atoms with Crippen LogP contribution < -0.4 is 4.87 Å². The summed E-state index contributed by atoms with van der Waals surface area (Å²) in [5, 5.41) is 0. The molecule has 0 aliphatic rings. The fourth-order valence-corrected chi connectivity index (χ4v) is 2.78. The van der Waals surface area contributed by atoms with Crippen molar-refractivity contribution >= 4 is 27.5 Å². The molecule has 1 aromatic heterocycles. The number of hydrogen-bond donors (Lipinski definition) is 0. The number of benzene rings is 2. The van der Waals surface area contributed by atoms with E-state index in [0.29, 0.717) is 5.52 Å². The van der Waals surface area contributed by atoms with Crippen LogP contribution in [0.4, 0.5) is 4.39 Å². The maximum Gasteiger partial charge on any atom is 0.315 e. The first-order valence-corrected chi connectivity index (χ1v) is 6.39. The molecule has 5 heteroatoms. The molecule has 0 amide bonds. The van der Waals surface area contributed by atoms with Crippen LogP contribution in [0.1, 0.15) is 10.4 Å². The predicted octanol–water partition coefficient (Wildman–Crippen LogP) is 2.89. The minimum absolute atomic E-state index is 0.158. The molecule has 0 unspecified atom stereocenters. The molecule has 3 aromatic rings. The highest BCUT2D eigenvalue weighted by Crippen LogP contribution is 2.18. The highest BCUT2D eigenvalue weighted by molar-refractivity contribution is 7.16. The Kier molecular flexibility index (Phi) is 2.76. The minimum atomic E-state index is -0.512. The van der Waals surface area contributed by atoms with E-state index in [9.17, 15) is 14.0 Å². The largest absolute Gasteiger partial charge is 0.315 e. The zero-order chi connectivity index (χ0) is 13.4. The van der Waals surface area contributed by atoms with Crippen LogP contribution >= 0.6 is 11.3 Å². The Labute approximate surface area is 111 Å². The molecule has 0 spiro atoms. The van der Waals surface area contributed by atoms with Crippen molar-refractivity contribution < 1.29 is 9.18 Å². The summed E-state index contributed by atoms with van der Waals surface area (Å²) in [6, 6.07) is 12.3. The van der Waals surface area contributed by atoms with Crippen LogP contribution in [0.3, 0.4) is 0 Å². The lowest BCUT2D eigenvalue weighted by Gasteiger charge is -2.02. The maximum absolute atomic E-state index is 13.1. The van der Waals surface area contributed by atoms with Crippen molar-refractivity contribution in [2.24, 2.45) is 0 Å². The Hall–Kier alpha value is -2.27. The first-order valence-electron chi connectivity index (χ1n) is 5.58. The zero-order valence-electron chi connectivity index (χ0n) is 9.67. The van der Waals surface area contributed by atoms with Gasteiger partial charge in [0.15, 0.2) is 0 Å². The van der Waals surface area contributed by atoms with E-state index < -0.39 is 11.7 Å². The van der Waals surface area contributed by atoms with Gasteiger partial charge in [-0.2, -0.15) is 0 Å². The van der Waals surface area contributed by atoms with Crippen LogP contribution in [-0.2, 0) is 0 Å². The van der Waals surface area contributed by atoms with Crippen molar-refractivity contribution in [3.8, 4) is 0 Å². The van der Waals surface area contributed by atoms with Crippen LogP contribution in [0, 0.1) is 5.82 Å². The van der Waals surface area contributed by atoms with Gasteiger partial charge in [0.1, 0.15) is 5.82 Å². The van der Waals surface area contributed by atoms with Crippen molar-refractivity contribution in [2.45, 2.75) is 0 Å². The number of nitrogens with zero attached hydrogens (tertiary/aromatic N) is 1. The average molecular weight is 273 g/mol. The van der Waals surface area contributed by atoms with Crippen LogP contribution in [0.2, 0.25) is 0 Å². The molecule has 0 saturated carbocycles. The molecular formula is C14H8FNO2S. The van der Waals surface area contributed by atoms with Crippen molar-refractivity contribution in [3.63, 3.8) is 0 Å². The summed E-state index contributed by atoms with van der Waals surface area (Å²) in [5.74, 6) is -1.01. The molecule has 0 aliphatic heterocycles. The topological polar surface area (TPSA) is 39.1 Å². The van der Waals surface area contributed by atoms with Gasteiger partial charge >= 0.3 is 4.87 Å². The van der Waals surface area contributed by atoms with E-state index in [4.69, 9.17) is 0 Å². The summed E-state index contributed by atoms with van der Waals surface area (Å²) in [4.78, 5) is 23.8. The fraction of sp³-hybridized carbons (Fsp3) is 0. The lowest BCUT2D eigenvalue weighted by atomic mass is 10.2. The number of fused-ring (bicyclic) bond motifs is 1. The molecular weight excluding hydrogens is 265 g/mol. The van der Waals surface area contributed by atoms with E-state index in [2.05, 4.69) is 0 Å². The first-order chi connectivity index (χ1) is 9.16. The Balaban J connectivity index is 2.22. The summed E-state index contributed by atoms with van der Waals surface area (Å²) in [6.45, 7) is 0. The minimum Gasteiger partial charge on any atom is -0.268 e. The van der Waals surface area contributed by atoms with E-state index in [0.717, 1.165) is 26.7 Å². The molecule has 94 valence electrons. The van der Waals surface area contributed by atoms with E-state index in [1.54, 1.807) is 24.3 Å². The maximum atomic E-state index is 13.1. The molecule has 0 saturated heterocycles. The molecule has 1 heterocycles. The van der Waals surface area contributed by atoms with Gasteiger partial charge in [0, 0.05) is 5.56 Å². The lowest BCUT2D eigenvalue weighted by molar-refractivity contribution is 0.0962. The number of thiazole rings is 1. The van der Waals surface area contributed by atoms with E-state index in [-0.39, 0.29) is 10.4 Å². The SMILES string of the molecule is O=C(c1cccc(F)c1)n1c(=O)sc2ccccc21. The van der Waals surface area contributed by atoms with Crippen LogP contribution in [-0.4, -0.2) is 10.5 Å². The van der Waals surface area contributed by atoms with E-state index >= 15 is 0 Å². The van der Waals surface area contributed by atoms with Crippen molar-refractivity contribution in [1.29, 1.82) is 0 Å². The van der Waals surface area contributed by atoms with Crippen LogP contribution in [0.15, 0.2) is 53.3 Å². The molecule has 0 radical (unpaired) electrons. The molecule has 3 nitrogen and oxygen atoms in total. The fourth-order valence-electron chi connectivity index (χ4n) is 1.91. The zero-order valence-corrected chi connectivity index (χ0v) is 10.5. The average Bonchev–Trinajstić information content (AvgIpc) is 2.74. The quantitative estimate of drug-likeness (QED) is 0.684. The summed E-state index contributed by atoms with van der Waals surface area (Å²) >= 11 is 0.999. The standard InChI is InChI=1S/C14H8FNO2S/c15-10-5-3-4-9(8-10)13(17)16-11-6-1-2-7-12(11)19-14(16)18/h1-8H. The Morgan fingerprint density at radius 3 is 2.68 bits per heavy atom. The molecule has 3 rings (SSSR count). The van der Waals surface area contributed by atoms with Gasteiger partial charge in [-0.3, -0.25) is 9.59 Å². The molecule has 19 heavy (non-hydrogen) atoms. The van der Waals surface area contributed by atoms with Gasteiger partial charge in [0.2, 0.25) is 0 Å². The molecule has 0 N–H and O–H groups in total. The second kappa shape index (κ2) is 4.44. The highest BCUT2D eigenvalue weighted by Gasteiger charge is 2.16. The van der Waals surface area contributed by atoms with Gasteiger partial charge in [0.25, 0.3) is 5.91 Å². The highest BCUT2D eigenvalue weighted by atomic mass is 32.1. The third kappa shape index (κ3) is 1.98. The summed E-state index contributed by atoms with van der Waals surface area (Å²) < 4.78 is 15.0. The number of hydrogen-bond acceptors (Lipinski definition) is 3. The van der Waals surface area contributed by atoms with Gasteiger partial charge < -0.3 is 0 Å². The lowest BCUT2D eigenvalue weighted by Crippen LogP contribution is -2.22. The van der Waals surface area contributed by atoms with Gasteiger partial charge in [-0.05, 0) is 30.3 Å². The van der Waals surface area contributed by atoms with Gasteiger partial charge in [-0.25, -0.2) is 8.96 Å². The van der Waals surface area contributed by atoms with Gasteiger partial charge in [-0.15, -0.1) is 0 Å². The second-order valence-electron chi connectivity index (χ2n) is 3.99. The Bertz CT molecular complexity index is 835. The van der Waals surface area contributed by atoms with Crippen LogP contribution in [0.25, 0.3) is 10.2 Å². The molecule has 0 aliphatic carbocycles. The number of para-hydroxylation sites is 1. The summed E-state index contributed by atoms with van der Waals surface area (Å²) in [5.41, 5.74) is 0.706. The Morgan fingerprint density at radius 1 is 1.11 bits per heavy atom. The van der Waals surface area contributed by atoms with Crippen LogP contribution in [0.5, 0.6) is 0 Å². The first kappa shape index (κ1) is 11.8. The van der Waals surface area contributed by atoms with Crippen molar-refractivity contribution in [1.82, 2.24) is 4.57 Å². The Morgan fingerprint density at radius 2 is 1.89 bits per heavy atom. The molecule has 0 bridgehead atoms.